The van der Waals surface area contributed by atoms with Crippen LogP contribution in [-0.4, -0.2) is 44.4 Å². The van der Waals surface area contributed by atoms with Crippen LogP contribution >= 0.6 is 11.8 Å². The SMILES string of the molecule is CCC(CC(O)(CC(=O)O)C(=O)O)SC. The van der Waals surface area contributed by atoms with Crippen molar-refractivity contribution in [2.45, 2.75) is 37.0 Å². The maximum atomic E-state index is 10.8. The van der Waals surface area contributed by atoms with Crippen molar-refractivity contribution in [1.29, 1.82) is 0 Å². The summed E-state index contributed by atoms with van der Waals surface area (Å²) in [7, 11) is 0. The Morgan fingerprint density at radius 2 is 1.93 bits per heavy atom. The van der Waals surface area contributed by atoms with Gasteiger partial charge in [-0.3, -0.25) is 4.79 Å². The van der Waals surface area contributed by atoms with Crippen molar-refractivity contribution < 1.29 is 24.9 Å². The summed E-state index contributed by atoms with van der Waals surface area (Å²) in [4.78, 5) is 21.2. The molecule has 0 fully saturated rings. The lowest BCUT2D eigenvalue weighted by molar-refractivity contribution is -0.166. The Balaban J connectivity index is 4.64. The van der Waals surface area contributed by atoms with Crippen molar-refractivity contribution in [3.8, 4) is 0 Å². The van der Waals surface area contributed by atoms with E-state index in [-0.39, 0.29) is 11.7 Å². The summed E-state index contributed by atoms with van der Waals surface area (Å²) in [6.07, 6.45) is 1.68. The number of carboxylic acids is 2. The first-order valence-electron chi connectivity index (χ1n) is 4.56. The fourth-order valence-corrected chi connectivity index (χ4v) is 2.03. The quantitative estimate of drug-likeness (QED) is 0.605. The molecule has 2 unspecified atom stereocenters. The van der Waals surface area contributed by atoms with Gasteiger partial charge in [-0.2, -0.15) is 11.8 Å². The summed E-state index contributed by atoms with van der Waals surface area (Å²) in [6, 6.07) is 0. The molecule has 0 rings (SSSR count). The lowest BCUT2D eigenvalue weighted by atomic mass is 9.93. The molecule has 5 nitrogen and oxygen atoms in total. The Kier molecular flexibility index (Phi) is 5.67. The van der Waals surface area contributed by atoms with Gasteiger partial charge in [0.25, 0.3) is 0 Å². The minimum atomic E-state index is -2.16. The van der Waals surface area contributed by atoms with E-state index in [4.69, 9.17) is 10.2 Å². The van der Waals surface area contributed by atoms with Crippen LogP contribution < -0.4 is 0 Å². The van der Waals surface area contributed by atoms with E-state index < -0.39 is 24.0 Å². The average Bonchev–Trinajstić information content (AvgIpc) is 2.12. The molecule has 0 aliphatic heterocycles. The lowest BCUT2D eigenvalue weighted by Gasteiger charge is -2.25. The number of carboxylic acid groups (broad SMARTS) is 2. The van der Waals surface area contributed by atoms with E-state index >= 15 is 0 Å². The van der Waals surface area contributed by atoms with E-state index in [2.05, 4.69) is 0 Å². The molecule has 0 bridgehead atoms. The minimum absolute atomic E-state index is 0.0493. The first-order valence-corrected chi connectivity index (χ1v) is 5.85. The highest BCUT2D eigenvalue weighted by atomic mass is 32.2. The van der Waals surface area contributed by atoms with Gasteiger partial charge in [0.2, 0.25) is 0 Å². The lowest BCUT2D eigenvalue weighted by Crippen LogP contribution is -2.43. The molecule has 0 heterocycles. The van der Waals surface area contributed by atoms with Crippen molar-refractivity contribution in [1.82, 2.24) is 0 Å². The maximum Gasteiger partial charge on any atom is 0.336 e. The molecule has 2 atom stereocenters. The van der Waals surface area contributed by atoms with Gasteiger partial charge in [-0.1, -0.05) is 6.92 Å². The van der Waals surface area contributed by atoms with Crippen LogP contribution in [0.15, 0.2) is 0 Å². The van der Waals surface area contributed by atoms with Crippen LogP contribution in [0.2, 0.25) is 0 Å². The van der Waals surface area contributed by atoms with Crippen molar-refractivity contribution in [2.75, 3.05) is 6.26 Å². The number of hydrogen-bond acceptors (Lipinski definition) is 4. The Labute approximate surface area is 92.5 Å². The molecule has 0 spiro atoms. The normalized spacial score (nSPS) is 16.7. The van der Waals surface area contributed by atoms with Gasteiger partial charge in [-0.05, 0) is 19.1 Å². The van der Waals surface area contributed by atoms with Gasteiger partial charge in [0.05, 0.1) is 6.42 Å². The topological polar surface area (TPSA) is 94.8 Å². The van der Waals surface area contributed by atoms with Crippen molar-refractivity contribution >= 4 is 23.7 Å². The number of carbonyl (C=O) groups is 2. The second kappa shape index (κ2) is 5.97. The first kappa shape index (κ1) is 14.2. The van der Waals surface area contributed by atoms with Crippen LogP contribution in [0.25, 0.3) is 0 Å². The molecule has 0 saturated carbocycles. The largest absolute Gasteiger partial charge is 0.481 e. The van der Waals surface area contributed by atoms with Crippen LogP contribution in [-0.2, 0) is 9.59 Å². The zero-order valence-electron chi connectivity index (χ0n) is 8.77. The number of aliphatic carboxylic acids is 2. The molecule has 0 aromatic rings. The molecule has 0 aliphatic carbocycles. The maximum absolute atomic E-state index is 10.8. The summed E-state index contributed by atoms with van der Waals surface area (Å²) >= 11 is 1.43. The van der Waals surface area contributed by atoms with Crippen LogP contribution in [0.4, 0.5) is 0 Å². The predicted molar refractivity (Wildman–Crippen MR) is 57.0 cm³/mol. The fourth-order valence-electron chi connectivity index (χ4n) is 1.26. The molecule has 6 heteroatoms. The summed E-state index contributed by atoms with van der Waals surface area (Å²) in [5.74, 6) is -2.78. The highest BCUT2D eigenvalue weighted by Gasteiger charge is 2.40. The van der Waals surface area contributed by atoms with E-state index in [1.807, 2.05) is 6.92 Å². The molecule has 0 amide bonds. The van der Waals surface area contributed by atoms with E-state index in [1.54, 1.807) is 6.26 Å². The Hall–Kier alpha value is -0.750. The van der Waals surface area contributed by atoms with Gasteiger partial charge in [-0.15, -0.1) is 0 Å². The van der Waals surface area contributed by atoms with Crippen LogP contribution in [0, 0.1) is 0 Å². The predicted octanol–water partition coefficient (Wildman–Crippen LogP) is 0.809. The summed E-state index contributed by atoms with van der Waals surface area (Å²) < 4.78 is 0. The summed E-state index contributed by atoms with van der Waals surface area (Å²) in [5, 5.41) is 27.0. The second-order valence-electron chi connectivity index (χ2n) is 3.38. The fraction of sp³-hybridized carbons (Fsp3) is 0.778. The average molecular weight is 236 g/mol. The molecule has 0 aromatic heterocycles. The molecule has 3 N–H and O–H groups in total. The third-order valence-corrected chi connectivity index (χ3v) is 3.36. The zero-order valence-corrected chi connectivity index (χ0v) is 9.58. The number of aliphatic hydroxyl groups is 1. The van der Waals surface area contributed by atoms with Gasteiger partial charge in [0.15, 0.2) is 5.60 Å². The standard InChI is InChI=1S/C9H16O5S/c1-3-6(15-2)4-9(14,8(12)13)5-7(10)11/h6,14H,3-5H2,1-2H3,(H,10,11)(H,12,13). The van der Waals surface area contributed by atoms with Gasteiger partial charge < -0.3 is 15.3 Å². The molecule has 15 heavy (non-hydrogen) atoms. The van der Waals surface area contributed by atoms with Gasteiger partial charge in [0, 0.05) is 5.25 Å². The minimum Gasteiger partial charge on any atom is -0.481 e. The van der Waals surface area contributed by atoms with Crippen molar-refractivity contribution in [2.24, 2.45) is 0 Å². The first-order chi connectivity index (χ1) is 6.85. The number of rotatable bonds is 7. The highest BCUT2D eigenvalue weighted by molar-refractivity contribution is 7.99. The van der Waals surface area contributed by atoms with Gasteiger partial charge >= 0.3 is 11.9 Å². The summed E-state index contributed by atoms with van der Waals surface area (Å²) in [5.41, 5.74) is -2.16. The van der Waals surface area contributed by atoms with Crippen LogP contribution in [0.5, 0.6) is 0 Å². The molecule has 88 valence electrons. The van der Waals surface area contributed by atoms with Crippen molar-refractivity contribution in [3.05, 3.63) is 0 Å². The third-order valence-electron chi connectivity index (χ3n) is 2.20. The summed E-state index contributed by atoms with van der Waals surface area (Å²) in [6.45, 7) is 1.87. The number of hydrogen-bond donors (Lipinski definition) is 3. The van der Waals surface area contributed by atoms with E-state index in [0.717, 1.165) is 0 Å². The number of thioether (sulfide) groups is 1. The van der Waals surface area contributed by atoms with Crippen molar-refractivity contribution in [3.63, 3.8) is 0 Å². The van der Waals surface area contributed by atoms with E-state index in [1.165, 1.54) is 11.8 Å². The van der Waals surface area contributed by atoms with E-state index in [9.17, 15) is 14.7 Å². The van der Waals surface area contributed by atoms with Gasteiger partial charge in [0.1, 0.15) is 0 Å². The van der Waals surface area contributed by atoms with E-state index in [0.29, 0.717) is 6.42 Å². The molecule has 0 aromatic carbocycles. The second-order valence-corrected chi connectivity index (χ2v) is 4.52. The van der Waals surface area contributed by atoms with Gasteiger partial charge in [-0.25, -0.2) is 4.79 Å². The third kappa shape index (κ3) is 4.53. The monoisotopic (exact) mass is 236 g/mol. The Bertz CT molecular complexity index is 239. The molecule has 0 saturated heterocycles. The highest BCUT2D eigenvalue weighted by Crippen LogP contribution is 2.26. The Morgan fingerprint density at radius 3 is 2.20 bits per heavy atom. The Morgan fingerprint density at radius 1 is 1.40 bits per heavy atom. The smallest absolute Gasteiger partial charge is 0.336 e. The molecule has 0 radical (unpaired) electrons. The molecular weight excluding hydrogens is 220 g/mol. The van der Waals surface area contributed by atoms with Crippen LogP contribution in [0.3, 0.4) is 0 Å². The van der Waals surface area contributed by atoms with Crippen LogP contribution in [0.1, 0.15) is 26.2 Å². The molecular formula is C9H16O5S. The zero-order chi connectivity index (χ0) is 12.1. The molecule has 0 aliphatic rings.